The third kappa shape index (κ3) is 5.16. The summed E-state index contributed by atoms with van der Waals surface area (Å²) in [6, 6.07) is 0.171. The summed E-state index contributed by atoms with van der Waals surface area (Å²) in [6.45, 7) is 4.11. The molecular formula is C11H21F3N2. The second-order valence-corrected chi connectivity index (χ2v) is 4.77. The lowest BCUT2D eigenvalue weighted by Gasteiger charge is -2.34. The van der Waals surface area contributed by atoms with E-state index in [0.717, 1.165) is 25.9 Å². The Labute approximate surface area is 95.2 Å². The highest BCUT2D eigenvalue weighted by Crippen LogP contribution is 2.20. The summed E-state index contributed by atoms with van der Waals surface area (Å²) in [5, 5.41) is 2.98. The molecule has 2 unspecified atom stereocenters. The van der Waals surface area contributed by atoms with Gasteiger partial charge in [0.2, 0.25) is 0 Å². The Morgan fingerprint density at radius 2 is 2.12 bits per heavy atom. The molecule has 0 aromatic heterocycles. The fourth-order valence-electron chi connectivity index (χ4n) is 2.22. The average molecular weight is 238 g/mol. The van der Waals surface area contributed by atoms with Crippen molar-refractivity contribution in [2.45, 2.75) is 38.4 Å². The van der Waals surface area contributed by atoms with E-state index in [2.05, 4.69) is 17.3 Å². The van der Waals surface area contributed by atoms with Crippen LogP contribution in [0.4, 0.5) is 13.2 Å². The van der Waals surface area contributed by atoms with Crippen molar-refractivity contribution in [1.82, 2.24) is 10.2 Å². The van der Waals surface area contributed by atoms with Gasteiger partial charge in [-0.3, -0.25) is 0 Å². The quantitative estimate of drug-likeness (QED) is 0.808. The van der Waals surface area contributed by atoms with Gasteiger partial charge >= 0.3 is 6.18 Å². The zero-order chi connectivity index (χ0) is 12.2. The van der Waals surface area contributed by atoms with Gasteiger partial charge in [0.05, 0.1) is 6.42 Å². The van der Waals surface area contributed by atoms with Gasteiger partial charge in [-0.25, -0.2) is 0 Å². The number of hydrogen-bond donors (Lipinski definition) is 1. The van der Waals surface area contributed by atoms with Crippen LogP contribution in [0.3, 0.4) is 0 Å². The fraction of sp³-hybridized carbons (Fsp3) is 1.00. The Balaban J connectivity index is 2.21. The average Bonchev–Trinajstić information content (AvgIpc) is 2.15. The summed E-state index contributed by atoms with van der Waals surface area (Å²) < 4.78 is 35.9. The van der Waals surface area contributed by atoms with Crippen molar-refractivity contribution in [3.8, 4) is 0 Å². The predicted molar refractivity (Wildman–Crippen MR) is 58.4 cm³/mol. The van der Waals surface area contributed by atoms with Crippen molar-refractivity contribution in [2.75, 3.05) is 26.7 Å². The Hall–Kier alpha value is -0.290. The van der Waals surface area contributed by atoms with Crippen LogP contribution in [-0.2, 0) is 0 Å². The molecule has 0 spiro atoms. The molecule has 1 fully saturated rings. The van der Waals surface area contributed by atoms with Crippen LogP contribution in [-0.4, -0.2) is 43.8 Å². The van der Waals surface area contributed by atoms with Gasteiger partial charge in [-0.2, -0.15) is 13.2 Å². The normalized spacial score (nSPS) is 25.7. The molecule has 1 saturated heterocycles. The summed E-state index contributed by atoms with van der Waals surface area (Å²) >= 11 is 0. The summed E-state index contributed by atoms with van der Waals surface area (Å²) in [6.07, 6.45) is -2.52. The van der Waals surface area contributed by atoms with Crippen molar-refractivity contribution in [1.29, 1.82) is 0 Å². The predicted octanol–water partition coefficient (Wildman–Crippen LogP) is 2.26. The standard InChI is InChI=1S/C11H21F3N2/c1-9(15-6-5-11(12,13)14)10-4-3-7-16(2)8-10/h9-10,15H,3-8H2,1-2H3. The van der Waals surface area contributed by atoms with Crippen LogP contribution in [0.5, 0.6) is 0 Å². The van der Waals surface area contributed by atoms with Gasteiger partial charge in [-0.05, 0) is 39.3 Å². The third-order valence-electron chi connectivity index (χ3n) is 3.24. The molecule has 1 heterocycles. The van der Waals surface area contributed by atoms with Crippen molar-refractivity contribution < 1.29 is 13.2 Å². The molecule has 1 aliphatic heterocycles. The van der Waals surface area contributed by atoms with E-state index in [0.29, 0.717) is 5.92 Å². The van der Waals surface area contributed by atoms with Crippen molar-refractivity contribution in [3.05, 3.63) is 0 Å². The molecule has 1 aliphatic rings. The Bertz CT molecular complexity index is 206. The van der Waals surface area contributed by atoms with E-state index in [1.165, 1.54) is 0 Å². The molecule has 0 radical (unpaired) electrons. The van der Waals surface area contributed by atoms with Crippen LogP contribution in [0.1, 0.15) is 26.2 Å². The largest absolute Gasteiger partial charge is 0.390 e. The molecule has 0 aromatic carbocycles. The molecule has 0 amide bonds. The lowest BCUT2D eigenvalue weighted by Crippen LogP contribution is -2.43. The number of nitrogens with zero attached hydrogens (tertiary/aromatic N) is 1. The van der Waals surface area contributed by atoms with Gasteiger partial charge in [0.15, 0.2) is 0 Å². The lowest BCUT2D eigenvalue weighted by atomic mass is 9.92. The lowest BCUT2D eigenvalue weighted by molar-refractivity contribution is -0.133. The van der Waals surface area contributed by atoms with E-state index >= 15 is 0 Å². The summed E-state index contributed by atoms with van der Waals surface area (Å²) in [7, 11) is 2.06. The van der Waals surface area contributed by atoms with E-state index in [1.54, 1.807) is 0 Å². The SMILES string of the molecule is CC(NCCC(F)(F)F)C1CCCN(C)C1. The number of nitrogens with one attached hydrogen (secondary N) is 1. The zero-order valence-electron chi connectivity index (χ0n) is 9.98. The van der Waals surface area contributed by atoms with E-state index in [-0.39, 0.29) is 12.6 Å². The van der Waals surface area contributed by atoms with Crippen molar-refractivity contribution >= 4 is 0 Å². The van der Waals surface area contributed by atoms with Crippen molar-refractivity contribution in [2.24, 2.45) is 5.92 Å². The fourth-order valence-corrected chi connectivity index (χ4v) is 2.22. The minimum Gasteiger partial charge on any atom is -0.314 e. The first-order valence-corrected chi connectivity index (χ1v) is 5.87. The molecule has 0 aromatic rings. The van der Waals surface area contributed by atoms with Crippen LogP contribution < -0.4 is 5.32 Å². The molecule has 2 nitrogen and oxygen atoms in total. The van der Waals surface area contributed by atoms with Gasteiger partial charge in [-0.15, -0.1) is 0 Å². The summed E-state index contributed by atoms with van der Waals surface area (Å²) in [5.74, 6) is 0.479. The molecule has 2 atom stereocenters. The number of hydrogen-bond acceptors (Lipinski definition) is 2. The zero-order valence-corrected chi connectivity index (χ0v) is 9.98. The number of halogens is 3. The first kappa shape index (κ1) is 13.8. The molecule has 0 aliphatic carbocycles. The number of piperidine rings is 1. The maximum Gasteiger partial charge on any atom is 0.390 e. The summed E-state index contributed by atoms with van der Waals surface area (Å²) in [5.41, 5.74) is 0. The number of alkyl halides is 3. The molecule has 16 heavy (non-hydrogen) atoms. The molecule has 0 bridgehead atoms. The Morgan fingerprint density at radius 3 is 2.69 bits per heavy atom. The summed E-state index contributed by atoms with van der Waals surface area (Å²) in [4.78, 5) is 2.25. The van der Waals surface area contributed by atoms with Crippen LogP contribution >= 0.6 is 0 Å². The van der Waals surface area contributed by atoms with Crippen LogP contribution in [0.25, 0.3) is 0 Å². The molecule has 1 rings (SSSR count). The van der Waals surface area contributed by atoms with E-state index in [1.807, 2.05) is 6.92 Å². The maximum atomic E-state index is 12.0. The topological polar surface area (TPSA) is 15.3 Å². The third-order valence-corrected chi connectivity index (χ3v) is 3.24. The first-order valence-electron chi connectivity index (χ1n) is 5.87. The van der Waals surface area contributed by atoms with Gasteiger partial charge in [0.1, 0.15) is 0 Å². The molecule has 0 saturated carbocycles. The minimum atomic E-state index is -4.05. The van der Waals surface area contributed by atoms with Crippen LogP contribution in [0.15, 0.2) is 0 Å². The Morgan fingerprint density at radius 1 is 1.44 bits per heavy atom. The number of likely N-dealkylation sites (tertiary alicyclic amines) is 1. The second kappa shape index (κ2) is 5.87. The highest BCUT2D eigenvalue weighted by molar-refractivity contribution is 4.79. The van der Waals surface area contributed by atoms with Crippen LogP contribution in [0.2, 0.25) is 0 Å². The van der Waals surface area contributed by atoms with Gasteiger partial charge in [-0.1, -0.05) is 0 Å². The highest BCUT2D eigenvalue weighted by Gasteiger charge is 2.28. The second-order valence-electron chi connectivity index (χ2n) is 4.77. The van der Waals surface area contributed by atoms with Crippen molar-refractivity contribution in [3.63, 3.8) is 0 Å². The monoisotopic (exact) mass is 238 g/mol. The molecule has 96 valence electrons. The van der Waals surface area contributed by atoms with Crippen LogP contribution in [0, 0.1) is 5.92 Å². The van der Waals surface area contributed by atoms with Gasteiger partial charge in [0.25, 0.3) is 0 Å². The molecule has 5 heteroatoms. The molecule has 1 N–H and O–H groups in total. The number of rotatable bonds is 4. The van der Waals surface area contributed by atoms with E-state index < -0.39 is 12.6 Å². The molecular weight excluding hydrogens is 217 g/mol. The Kier molecular flexibility index (Phi) is 5.05. The first-order chi connectivity index (χ1) is 7.38. The smallest absolute Gasteiger partial charge is 0.314 e. The minimum absolute atomic E-state index is 0.0326. The van der Waals surface area contributed by atoms with E-state index in [4.69, 9.17) is 0 Å². The highest BCUT2D eigenvalue weighted by atomic mass is 19.4. The van der Waals surface area contributed by atoms with Gasteiger partial charge in [0, 0.05) is 19.1 Å². The van der Waals surface area contributed by atoms with E-state index in [9.17, 15) is 13.2 Å². The maximum absolute atomic E-state index is 12.0. The van der Waals surface area contributed by atoms with Gasteiger partial charge < -0.3 is 10.2 Å².